The van der Waals surface area contributed by atoms with E-state index in [4.69, 9.17) is 4.74 Å². The summed E-state index contributed by atoms with van der Waals surface area (Å²) in [5, 5.41) is 12.3. The molecule has 2 aromatic rings. The van der Waals surface area contributed by atoms with Crippen LogP contribution in [0, 0.1) is 6.92 Å². The molecule has 1 unspecified atom stereocenters. The molecule has 0 bridgehead atoms. The third-order valence-corrected chi connectivity index (χ3v) is 4.76. The third-order valence-electron chi connectivity index (χ3n) is 2.87. The quantitative estimate of drug-likeness (QED) is 0.916. The molecule has 1 atom stereocenters. The van der Waals surface area contributed by atoms with Crippen molar-refractivity contribution in [3.05, 3.63) is 50.1 Å². The van der Waals surface area contributed by atoms with Gasteiger partial charge in [0.2, 0.25) is 0 Å². The SMILES string of the molecule is COc1ccc(Br)c(CC(O)c2sccc2C)c1. The summed E-state index contributed by atoms with van der Waals surface area (Å²) in [6.45, 7) is 2.02. The second kappa shape index (κ2) is 5.87. The number of halogens is 1. The molecule has 0 saturated carbocycles. The van der Waals surface area contributed by atoms with Crippen molar-refractivity contribution >= 4 is 27.3 Å². The Morgan fingerprint density at radius 3 is 2.78 bits per heavy atom. The highest BCUT2D eigenvalue weighted by molar-refractivity contribution is 9.10. The Morgan fingerprint density at radius 2 is 2.17 bits per heavy atom. The number of aryl methyl sites for hydroxylation is 1. The van der Waals surface area contributed by atoms with E-state index in [1.807, 2.05) is 36.6 Å². The Kier molecular flexibility index (Phi) is 4.43. The topological polar surface area (TPSA) is 29.5 Å². The Labute approximate surface area is 119 Å². The van der Waals surface area contributed by atoms with Crippen LogP contribution in [0.5, 0.6) is 5.75 Å². The van der Waals surface area contributed by atoms with Crippen LogP contribution in [0.3, 0.4) is 0 Å². The fourth-order valence-corrected chi connectivity index (χ4v) is 3.18. The summed E-state index contributed by atoms with van der Waals surface area (Å²) in [7, 11) is 1.65. The largest absolute Gasteiger partial charge is 0.497 e. The van der Waals surface area contributed by atoms with Crippen molar-refractivity contribution in [3.8, 4) is 5.75 Å². The Balaban J connectivity index is 2.21. The van der Waals surface area contributed by atoms with Gasteiger partial charge in [0.15, 0.2) is 0 Å². The van der Waals surface area contributed by atoms with E-state index in [1.165, 1.54) is 0 Å². The molecule has 0 amide bonds. The molecule has 1 aromatic heterocycles. The van der Waals surface area contributed by atoms with Crippen molar-refractivity contribution in [2.45, 2.75) is 19.4 Å². The predicted octanol–water partition coefficient (Wildman–Crippen LogP) is 4.10. The molecule has 4 heteroatoms. The van der Waals surface area contributed by atoms with Crippen LogP contribution < -0.4 is 4.74 Å². The lowest BCUT2D eigenvalue weighted by Crippen LogP contribution is -2.02. The average Bonchev–Trinajstić information content (AvgIpc) is 2.78. The zero-order valence-electron chi connectivity index (χ0n) is 10.3. The number of aliphatic hydroxyl groups is 1. The summed E-state index contributed by atoms with van der Waals surface area (Å²) in [6, 6.07) is 7.83. The molecule has 0 aliphatic rings. The van der Waals surface area contributed by atoms with Crippen molar-refractivity contribution in [2.24, 2.45) is 0 Å². The zero-order valence-corrected chi connectivity index (χ0v) is 12.7. The van der Waals surface area contributed by atoms with Crippen LogP contribution in [-0.2, 0) is 6.42 Å². The lowest BCUT2D eigenvalue weighted by molar-refractivity contribution is 0.181. The second-order valence-electron chi connectivity index (χ2n) is 4.15. The van der Waals surface area contributed by atoms with Gasteiger partial charge in [-0.25, -0.2) is 0 Å². The van der Waals surface area contributed by atoms with Crippen LogP contribution >= 0.6 is 27.3 Å². The van der Waals surface area contributed by atoms with E-state index >= 15 is 0 Å². The van der Waals surface area contributed by atoms with Gasteiger partial charge in [0, 0.05) is 15.8 Å². The smallest absolute Gasteiger partial charge is 0.119 e. The summed E-state index contributed by atoms with van der Waals surface area (Å²) in [5.74, 6) is 0.809. The number of ether oxygens (including phenoxy) is 1. The third kappa shape index (κ3) is 2.94. The first-order valence-corrected chi connectivity index (χ1v) is 7.33. The highest BCUT2D eigenvalue weighted by Crippen LogP contribution is 2.30. The van der Waals surface area contributed by atoms with Gasteiger partial charge in [-0.1, -0.05) is 15.9 Å². The second-order valence-corrected chi connectivity index (χ2v) is 5.95. The predicted molar refractivity (Wildman–Crippen MR) is 78.4 cm³/mol. The van der Waals surface area contributed by atoms with Crippen LogP contribution in [0.1, 0.15) is 22.1 Å². The molecule has 0 aliphatic heterocycles. The van der Waals surface area contributed by atoms with Crippen molar-refractivity contribution in [2.75, 3.05) is 7.11 Å². The van der Waals surface area contributed by atoms with E-state index in [9.17, 15) is 5.11 Å². The van der Waals surface area contributed by atoms with E-state index < -0.39 is 6.10 Å². The van der Waals surface area contributed by atoms with Gasteiger partial charge in [-0.3, -0.25) is 0 Å². The first-order chi connectivity index (χ1) is 8.61. The Morgan fingerprint density at radius 1 is 1.39 bits per heavy atom. The van der Waals surface area contributed by atoms with Crippen LogP contribution in [0.25, 0.3) is 0 Å². The number of rotatable bonds is 4. The molecule has 1 heterocycles. The van der Waals surface area contributed by atoms with Crippen LogP contribution in [0.15, 0.2) is 34.1 Å². The minimum atomic E-state index is -0.464. The van der Waals surface area contributed by atoms with Gasteiger partial charge < -0.3 is 9.84 Å². The van der Waals surface area contributed by atoms with E-state index in [2.05, 4.69) is 15.9 Å². The lowest BCUT2D eigenvalue weighted by atomic mass is 10.0. The fraction of sp³-hybridized carbons (Fsp3) is 0.286. The van der Waals surface area contributed by atoms with Crippen molar-refractivity contribution < 1.29 is 9.84 Å². The normalized spacial score (nSPS) is 12.4. The molecule has 96 valence electrons. The molecule has 1 aromatic carbocycles. The maximum absolute atomic E-state index is 10.3. The molecule has 2 nitrogen and oxygen atoms in total. The van der Waals surface area contributed by atoms with Crippen molar-refractivity contribution in [1.82, 2.24) is 0 Å². The minimum absolute atomic E-state index is 0.464. The van der Waals surface area contributed by atoms with E-state index in [0.29, 0.717) is 6.42 Å². The Bertz CT molecular complexity index is 536. The summed E-state index contributed by atoms with van der Waals surface area (Å²) < 4.78 is 6.20. The van der Waals surface area contributed by atoms with Crippen LogP contribution in [0.2, 0.25) is 0 Å². The minimum Gasteiger partial charge on any atom is -0.497 e. The van der Waals surface area contributed by atoms with E-state index in [-0.39, 0.29) is 0 Å². The lowest BCUT2D eigenvalue weighted by Gasteiger charge is -2.12. The highest BCUT2D eigenvalue weighted by atomic mass is 79.9. The molecule has 0 aliphatic carbocycles. The number of methoxy groups -OCH3 is 1. The molecule has 0 fully saturated rings. The first-order valence-electron chi connectivity index (χ1n) is 5.66. The van der Waals surface area contributed by atoms with Gasteiger partial charge >= 0.3 is 0 Å². The molecular weight excluding hydrogens is 312 g/mol. The van der Waals surface area contributed by atoms with E-state index in [0.717, 1.165) is 26.2 Å². The van der Waals surface area contributed by atoms with Crippen molar-refractivity contribution in [1.29, 1.82) is 0 Å². The Hall–Kier alpha value is -0.840. The monoisotopic (exact) mass is 326 g/mol. The standard InChI is InChI=1S/C14H15BrO2S/c1-9-5-6-18-14(9)13(16)8-10-7-11(17-2)3-4-12(10)15/h3-7,13,16H,8H2,1-2H3. The van der Waals surface area contributed by atoms with Gasteiger partial charge in [-0.05, 0) is 47.7 Å². The van der Waals surface area contributed by atoms with Gasteiger partial charge in [-0.2, -0.15) is 0 Å². The molecule has 18 heavy (non-hydrogen) atoms. The fourth-order valence-electron chi connectivity index (χ4n) is 1.86. The molecular formula is C14H15BrO2S. The molecule has 0 radical (unpaired) electrons. The number of aliphatic hydroxyl groups excluding tert-OH is 1. The summed E-state index contributed by atoms with van der Waals surface area (Å²) >= 11 is 5.10. The van der Waals surface area contributed by atoms with Gasteiger partial charge in [0.25, 0.3) is 0 Å². The van der Waals surface area contributed by atoms with E-state index in [1.54, 1.807) is 18.4 Å². The zero-order chi connectivity index (χ0) is 13.1. The summed E-state index contributed by atoms with van der Waals surface area (Å²) in [6.07, 6.45) is 0.118. The van der Waals surface area contributed by atoms with Gasteiger partial charge in [-0.15, -0.1) is 11.3 Å². The first kappa shape index (κ1) is 13.6. The molecule has 0 saturated heterocycles. The van der Waals surface area contributed by atoms with Gasteiger partial charge in [0.05, 0.1) is 13.2 Å². The van der Waals surface area contributed by atoms with Crippen LogP contribution in [-0.4, -0.2) is 12.2 Å². The highest BCUT2D eigenvalue weighted by Gasteiger charge is 2.14. The molecule has 2 rings (SSSR count). The summed E-state index contributed by atoms with van der Waals surface area (Å²) in [4.78, 5) is 1.03. The molecule has 1 N–H and O–H groups in total. The number of benzene rings is 1. The molecule has 0 spiro atoms. The number of hydrogen-bond donors (Lipinski definition) is 1. The van der Waals surface area contributed by atoms with Crippen molar-refractivity contribution in [3.63, 3.8) is 0 Å². The van der Waals surface area contributed by atoms with Gasteiger partial charge in [0.1, 0.15) is 5.75 Å². The maximum Gasteiger partial charge on any atom is 0.119 e. The van der Waals surface area contributed by atoms with Crippen LogP contribution in [0.4, 0.5) is 0 Å². The summed E-state index contributed by atoms with van der Waals surface area (Å²) in [5.41, 5.74) is 2.20. The maximum atomic E-state index is 10.3. The number of hydrogen-bond acceptors (Lipinski definition) is 3. The average molecular weight is 327 g/mol. The number of thiophene rings is 1.